The van der Waals surface area contributed by atoms with Gasteiger partial charge in [-0.3, -0.25) is 0 Å². The summed E-state index contributed by atoms with van der Waals surface area (Å²) in [5, 5.41) is 8.78. The summed E-state index contributed by atoms with van der Waals surface area (Å²) in [6.45, 7) is 4.66. The van der Waals surface area contributed by atoms with E-state index in [1.807, 2.05) is 24.3 Å². The Morgan fingerprint density at radius 1 is 1.14 bits per heavy atom. The molecule has 0 amide bonds. The zero-order valence-electron chi connectivity index (χ0n) is 16.3. The molecule has 0 saturated heterocycles. The van der Waals surface area contributed by atoms with Gasteiger partial charge in [0.2, 0.25) is 5.69 Å². The number of anilines is 1. The number of benzene rings is 2. The Labute approximate surface area is 173 Å². The average molecular weight is 408 g/mol. The van der Waals surface area contributed by atoms with Gasteiger partial charge in [-0.2, -0.15) is 0 Å². The van der Waals surface area contributed by atoms with Gasteiger partial charge < -0.3 is 11.5 Å². The molecule has 5 N–H and O–H groups in total. The Balaban J connectivity index is 1.88. The molecule has 0 aliphatic rings. The first-order chi connectivity index (χ1) is 13.9. The molecule has 0 aliphatic carbocycles. The van der Waals surface area contributed by atoms with Gasteiger partial charge in [0.15, 0.2) is 11.5 Å². The van der Waals surface area contributed by atoms with Crippen LogP contribution in [-0.2, 0) is 6.54 Å². The van der Waals surface area contributed by atoms with Crippen molar-refractivity contribution in [3.63, 3.8) is 0 Å². The van der Waals surface area contributed by atoms with Crippen LogP contribution in [0.1, 0.15) is 25.1 Å². The summed E-state index contributed by atoms with van der Waals surface area (Å²) in [6.07, 6.45) is 1.54. The molecule has 7 nitrogen and oxygen atoms in total. The number of nitrogens with one attached hydrogen (secondary N) is 1. The lowest BCUT2D eigenvalue weighted by Crippen LogP contribution is -2.18. The molecule has 0 atom stereocenters. The molecular formula is C21H23N6OS+. The first kappa shape index (κ1) is 20.6. The standard InChI is InChI=1S/C21H23N6OS/c1-13(2)29-17-9-5-15(6-10-17)18-12-25-20(23)19(26-18)21(24)27(28)16-7-3-14(11-22)4-8-16/h3-10,12-13,24H,11,22H2,1-2H3,(H2,23,25)/q+1. The molecule has 0 spiro atoms. The van der Waals surface area contributed by atoms with Gasteiger partial charge in [0.05, 0.1) is 11.9 Å². The Morgan fingerprint density at radius 2 is 1.79 bits per heavy atom. The molecule has 0 bridgehead atoms. The molecule has 8 heteroatoms. The van der Waals surface area contributed by atoms with Crippen molar-refractivity contribution in [3.8, 4) is 11.3 Å². The maximum atomic E-state index is 12.6. The van der Waals surface area contributed by atoms with Crippen LogP contribution >= 0.6 is 11.8 Å². The van der Waals surface area contributed by atoms with E-state index in [9.17, 15) is 4.91 Å². The van der Waals surface area contributed by atoms with E-state index in [2.05, 4.69) is 23.8 Å². The second-order valence-corrected chi connectivity index (χ2v) is 8.34. The highest BCUT2D eigenvalue weighted by atomic mass is 32.2. The Bertz CT molecular complexity index is 1030. The summed E-state index contributed by atoms with van der Waals surface area (Å²) in [5.74, 6) is -0.338. The number of aromatic nitrogens is 2. The van der Waals surface area contributed by atoms with E-state index in [0.717, 1.165) is 16.0 Å². The van der Waals surface area contributed by atoms with E-state index < -0.39 is 0 Å². The van der Waals surface area contributed by atoms with Gasteiger partial charge in [-0.15, -0.1) is 11.8 Å². The van der Waals surface area contributed by atoms with E-state index in [-0.39, 0.29) is 17.3 Å². The van der Waals surface area contributed by atoms with Crippen molar-refractivity contribution in [1.82, 2.24) is 9.97 Å². The molecule has 0 saturated carbocycles. The fourth-order valence-corrected chi connectivity index (χ4v) is 3.52. The SMILES string of the molecule is CC(C)Sc1ccc(-c2cnc(N)c(C(=N)[N+](=O)c3ccc(CN)cc3)n2)cc1. The third-order valence-corrected chi connectivity index (χ3v) is 5.17. The minimum atomic E-state index is -0.371. The average Bonchev–Trinajstić information content (AvgIpc) is 2.73. The summed E-state index contributed by atoms with van der Waals surface area (Å²) in [7, 11) is 0. The minimum Gasteiger partial charge on any atom is -0.382 e. The highest BCUT2D eigenvalue weighted by molar-refractivity contribution is 7.99. The second kappa shape index (κ2) is 8.93. The highest BCUT2D eigenvalue weighted by Crippen LogP contribution is 2.26. The van der Waals surface area contributed by atoms with Crippen LogP contribution in [0.5, 0.6) is 0 Å². The molecule has 2 aromatic carbocycles. The Morgan fingerprint density at radius 3 is 2.38 bits per heavy atom. The number of thioether (sulfide) groups is 1. The summed E-state index contributed by atoms with van der Waals surface area (Å²) in [6, 6.07) is 14.6. The molecule has 29 heavy (non-hydrogen) atoms. The van der Waals surface area contributed by atoms with E-state index in [1.165, 1.54) is 0 Å². The van der Waals surface area contributed by atoms with Crippen LogP contribution in [0.4, 0.5) is 11.5 Å². The Kier molecular flexibility index (Phi) is 6.36. The summed E-state index contributed by atoms with van der Waals surface area (Å²) >= 11 is 1.77. The van der Waals surface area contributed by atoms with Gasteiger partial charge in [-0.1, -0.05) is 48.4 Å². The van der Waals surface area contributed by atoms with Crippen LogP contribution in [0.2, 0.25) is 0 Å². The fraction of sp³-hybridized carbons (Fsp3) is 0.190. The third-order valence-electron chi connectivity index (χ3n) is 4.16. The van der Waals surface area contributed by atoms with Crippen molar-refractivity contribution < 1.29 is 4.76 Å². The molecule has 0 radical (unpaired) electrons. The van der Waals surface area contributed by atoms with Crippen LogP contribution in [0, 0.1) is 10.3 Å². The molecule has 1 heterocycles. The maximum absolute atomic E-state index is 12.6. The summed E-state index contributed by atoms with van der Waals surface area (Å²) in [5.41, 5.74) is 14.1. The lowest BCUT2D eigenvalue weighted by atomic mass is 10.1. The first-order valence-electron chi connectivity index (χ1n) is 9.14. The number of hydrogen-bond acceptors (Lipinski definition) is 7. The monoisotopic (exact) mass is 407 g/mol. The zero-order valence-corrected chi connectivity index (χ0v) is 17.1. The quantitative estimate of drug-likeness (QED) is 0.244. The van der Waals surface area contributed by atoms with Crippen molar-refractivity contribution in [2.45, 2.75) is 30.5 Å². The van der Waals surface area contributed by atoms with Crippen molar-refractivity contribution in [3.05, 3.63) is 70.9 Å². The molecule has 0 aliphatic heterocycles. The summed E-state index contributed by atoms with van der Waals surface area (Å²) < 4.78 is 0.479. The van der Waals surface area contributed by atoms with Crippen molar-refractivity contribution >= 4 is 29.1 Å². The lowest BCUT2D eigenvalue weighted by Gasteiger charge is -2.07. The second-order valence-electron chi connectivity index (χ2n) is 6.69. The van der Waals surface area contributed by atoms with E-state index >= 15 is 0 Å². The molecule has 0 fully saturated rings. The maximum Gasteiger partial charge on any atom is 0.388 e. The molecule has 3 aromatic rings. The smallest absolute Gasteiger partial charge is 0.382 e. The van der Waals surface area contributed by atoms with Crippen LogP contribution in [0.3, 0.4) is 0 Å². The number of nitrogens with zero attached hydrogens (tertiary/aromatic N) is 3. The van der Waals surface area contributed by atoms with Crippen LogP contribution in [0.25, 0.3) is 11.3 Å². The number of amidine groups is 1. The molecule has 0 unspecified atom stereocenters. The highest BCUT2D eigenvalue weighted by Gasteiger charge is 2.26. The molecule has 148 valence electrons. The lowest BCUT2D eigenvalue weighted by molar-refractivity contribution is -0.331. The van der Waals surface area contributed by atoms with Gasteiger partial charge in [-0.05, 0) is 29.8 Å². The number of nitroso groups, excluding NO2 is 1. The van der Waals surface area contributed by atoms with Crippen LogP contribution in [-0.4, -0.2) is 25.8 Å². The molecule has 3 rings (SSSR count). The van der Waals surface area contributed by atoms with Gasteiger partial charge in [0, 0.05) is 27.0 Å². The van der Waals surface area contributed by atoms with E-state index in [0.29, 0.717) is 27.9 Å². The van der Waals surface area contributed by atoms with Gasteiger partial charge in [-0.25, -0.2) is 9.97 Å². The first-order valence-corrected chi connectivity index (χ1v) is 10.0. The van der Waals surface area contributed by atoms with Crippen LogP contribution < -0.4 is 11.5 Å². The number of hydrogen-bond donors (Lipinski definition) is 3. The normalized spacial score (nSPS) is 10.9. The predicted octanol–water partition coefficient (Wildman–Crippen LogP) is 4.12. The zero-order chi connectivity index (χ0) is 21.0. The van der Waals surface area contributed by atoms with Crippen LogP contribution in [0.15, 0.2) is 59.6 Å². The van der Waals surface area contributed by atoms with E-state index in [4.69, 9.17) is 16.9 Å². The Hall–Kier alpha value is -3.10. The topological polar surface area (TPSA) is 122 Å². The van der Waals surface area contributed by atoms with Gasteiger partial charge >= 0.3 is 5.84 Å². The van der Waals surface area contributed by atoms with Crippen molar-refractivity contribution in [1.29, 1.82) is 5.41 Å². The van der Waals surface area contributed by atoms with Crippen molar-refractivity contribution in [2.24, 2.45) is 5.73 Å². The fourth-order valence-electron chi connectivity index (χ4n) is 2.68. The number of nitrogens with two attached hydrogens (primary N) is 2. The molecule has 1 aromatic heterocycles. The molecular weight excluding hydrogens is 384 g/mol. The largest absolute Gasteiger partial charge is 0.388 e. The predicted molar refractivity (Wildman–Crippen MR) is 117 cm³/mol. The van der Waals surface area contributed by atoms with Gasteiger partial charge in [0.1, 0.15) is 0 Å². The third kappa shape index (κ3) is 4.85. The van der Waals surface area contributed by atoms with Gasteiger partial charge in [0.25, 0.3) is 0 Å². The summed E-state index contributed by atoms with van der Waals surface area (Å²) in [4.78, 5) is 22.4. The van der Waals surface area contributed by atoms with E-state index in [1.54, 1.807) is 42.2 Å². The number of rotatable bonds is 6. The minimum absolute atomic E-state index is 0.0326. The van der Waals surface area contributed by atoms with Crippen molar-refractivity contribution in [2.75, 3.05) is 5.73 Å². The number of nitrogen functional groups attached to an aromatic ring is 1.